The molecule has 5 rings (SSSR count). The van der Waals surface area contributed by atoms with Crippen molar-refractivity contribution in [1.29, 1.82) is 0 Å². The lowest BCUT2D eigenvalue weighted by Crippen LogP contribution is -2.55. The van der Waals surface area contributed by atoms with E-state index in [9.17, 15) is 9.59 Å². The van der Waals surface area contributed by atoms with Crippen LogP contribution in [0.1, 0.15) is 38.9 Å². The second-order valence-corrected chi connectivity index (χ2v) is 7.84. The van der Waals surface area contributed by atoms with E-state index in [1.807, 2.05) is 36.9 Å². The highest BCUT2D eigenvalue weighted by Crippen LogP contribution is 2.33. The Bertz CT molecular complexity index is 1160. The van der Waals surface area contributed by atoms with E-state index in [4.69, 9.17) is 0 Å². The van der Waals surface area contributed by atoms with E-state index in [2.05, 4.69) is 22.1 Å². The molecule has 1 saturated heterocycles. The molecule has 0 saturated carbocycles. The molecule has 1 fully saturated rings. The lowest BCUT2D eigenvalue weighted by molar-refractivity contribution is -0.139. The molecule has 2 amide bonds. The molecule has 3 heterocycles. The van der Waals surface area contributed by atoms with Gasteiger partial charge in [0.05, 0.1) is 28.5 Å². The summed E-state index contributed by atoms with van der Waals surface area (Å²) in [6, 6.07) is 13.5. The molecule has 1 unspecified atom stereocenters. The van der Waals surface area contributed by atoms with Crippen molar-refractivity contribution >= 4 is 22.8 Å². The molecule has 3 aromatic rings. The van der Waals surface area contributed by atoms with Gasteiger partial charge in [-0.15, -0.1) is 0 Å². The molecule has 6 heteroatoms. The van der Waals surface area contributed by atoms with Gasteiger partial charge < -0.3 is 9.80 Å². The predicted molar refractivity (Wildman–Crippen MR) is 110 cm³/mol. The molecule has 2 aliphatic heterocycles. The molecule has 6 nitrogen and oxygen atoms in total. The Morgan fingerprint density at radius 3 is 2.62 bits per heavy atom. The third-order valence-electron chi connectivity index (χ3n) is 6.06. The maximum atomic E-state index is 13.2. The van der Waals surface area contributed by atoms with E-state index in [0.717, 1.165) is 28.9 Å². The number of carbonyl (C=O) groups is 2. The molecule has 2 aliphatic rings. The molecule has 0 radical (unpaired) electrons. The Balaban J connectivity index is 1.47. The highest BCUT2D eigenvalue weighted by molar-refractivity contribution is 5.99. The van der Waals surface area contributed by atoms with E-state index in [-0.39, 0.29) is 24.4 Å². The number of benzene rings is 2. The summed E-state index contributed by atoms with van der Waals surface area (Å²) in [4.78, 5) is 38.7. The Labute approximate surface area is 169 Å². The third kappa shape index (κ3) is 2.95. The van der Waals surface area contributed by atoms with Gasteiger partial charge in [0, 0.05) is 18.7 Å². The van der Waals surface area contributed by atoms with Gasteiger partial charge in [0.1, 0.15) is 6.54 Å². The summed E-state index contributed by atoms with van der Waals surface area (Å²) in [6.45, 7) is 5.18. The number of aryl methyl sites for hydroxylation is 2. The first-order valence-electron chi connectivity index (χ1n) is 9.93. The maximum absolute atomic E-state index is 13.2. The number of nitrogens with zero attached hydrogens (tertiary/aromatic N) is 4. The number of piperazine rings is 1. The number of amides is 2. The average molecular weight is 386 g/mol. The van der Waals surface area contributed by atoms with Crippen LogP contribution in [0.5, 0.6) is 0 Å². The minimum atomic E-state index is -0.136. The van der Waals surface area contributed by atoms with Gasteiger partial charge in [-0.25, -0.2) is 9.97 Å². The molecule has 146 valence electrons. The molecular weight excluding hydrogens is 364 g/mol. The van der Waals surface area contributed by atoms with Crippen LogP contribution in [0.15, 0.2) is 42.5 Å². The van der Waals surface area contributed by atoms with Crippen LogP contribution < -0.4 is 0 Å². The number of hydrogen-bond donors (Lipinski definition) is 0. The number of carbonyl (C=O) groups excluding carboxylic acids is 2. The maximum Gasteiger partial charge on any atom is 0.254 e. The second-order valence-electron chi connectivity index (χ2n) is 7.84. The molecule has 0 N–H and O–H groups in total. The van der Waals surface area contributed by atoms with Crippen LogP contribution in [0.3, 0.4) is 0 Å². The quantitative estimate of drug-likeness (QED) is 0.645. The van der Waals surface area contributed by atoms with E-state index < -0.39 is 0 Å². The molecule has 0 bridgehead atoms. The lowest BCUT2D eigenvalue weighted by atomic mass is 9.90. The van der Waals surface area contributed by atoms with E-state index >= 15 is 0 Å². The smallest absolute Gasteiger partial charge is 0.254 e. The van der Waals surface area contributed by atoms with Crippen LogP contribution >= 0.6 is 0 Å². The van der Waals surface area contributed by atoms with Crippen LogP contribution in [-0.2, 0) is 11.2 Å². The van der Waals surface area contributed by atoms with Crippen molar-refractivity contribution in [3.05, 3.63) is 70.5 Å². The van der Waals surface area contributed by atoms with Crippen LogP contribution in [0.2, 0.25) is 0 Å². The summed E-state index contributed by atoms with van der Waals surface area (Å²) < 4.78 is 0. The highest BCUT2D eigenvalue weighted by Gasteiger charge is 2.38. The van der Waals surface area contributed by atoms with Crippen molar-refractivity contribution in [2.45, 2.75) is 26.3 Å². The normalized spacial score (nSPS) is 18.6. The minimum absolute atomic E-state index is 0.0103. The zero-order chi connectivity index (χ0) is 20.1. The van der Waals surface area contributed by atoms with Crippen molar-refractivity contribution < 1.29 is 9.59 Å². The summed E-state index contributed by atoms with van der Waals surface area (Å²) in [7, 11) is 0. The first kappa shape index (κ1) is 17.8. The molecule has 0 aliphatic carbocycles. The minimum Gasteiger partial charge on any atom is -0.332 e. The lowest BCUT2D eigenvalue weighted by Gasteiger charge is -2.44. The summed E-state index contributed by atoms with van der Waals surface area (Å²) in [6.07, 6.45) is 0.870. The van der Waals surface area contributed by atoms with Gasteiger partial charge >= 0.3 is 0 Å². The van der Waals surface area contributed by atoms with Crippen LogP contribution in [0.25, 0.3) is 11.0 Å². The van der Waals surface area contributed by atoms with Crippen LogP contribution in [0.4, 0.5) is 0 Å². The molecule has 1 atom stereocenters. The van der Waals surface area contributed by atoms with Crippen LogP contribution in [-0.4, -0.2) is 51.2 Å². The fourth-order valence-electron chi connectivity index (χ4n) is 4.38. The summed E-state index contributed by atoms with van der Waals surface area (Å²) in [5, 5.41) is 0. The topological polar surface area (TPSA) is 66.4 Å². The first-order chi connectivity index (χ1) is 14.0. The Morgan fingerprint density at radius 2 is 1.79 bits per heavy atom. The Morgan fingerprint density at radius 1 is 1.03 bits per heavy atom. The van der Waals surface area contributed by atoms with Gasteiger partial charge in [0.15, 0.2) is 0 Å². The molecule has 1 aromatic heterocycles. The van der Waals surface area contributed by atoms with Gasteiger partial charge in [0.25, 0.3) is 5.91 Å². The van der Waals surface area contributed by atoms with Crippen molar-refractivity contribution in [2.75, 3.05) is 19.6 Å². The monoisotopic (exact) mass is 386 g/mol. The van der Waals surface area contributed by atoms with Crippen LogP contribution in [0, 0.1) is 13.8 Å². The number of hydrogen-bond acceptors (Lipinski definition) is 4. The molecule has 2 aromatic carbocycles. The van der Waals surface area contributed by atoms with Gasteiger partial charge in [-0.3, -0.25) is 9.59 Å². The van der Waals surface area contributed by atoms with E-state index in [1.54, 1.807) is 17.0 Å². The fourth-order valence-corrected chi connectivity index (χ4v) is 4.38. The average Bonchev–Trinajstić information content (AvgIpc) is 2.73. The predicted octanol–water partition coefficient (Wildman–Crippen LogP) is 2.83. The number of rotatable bonds is 1. The zero-order valence-corrected chi connectivity index (χ0v) is 16.6. The fraction of sp³-hybridized carbons (Fsp3) is 0.304. The van der Waals surface area contributed by atoms with Crippen molar-refractivity contribution in [3.8, 4) is 0 Å². The molecule has 29 heavy (non-hydrogen) atoms. The second kappa shape index (κ2) is 6.65. The number of fused-ring (bicyclic) bond motifs is 4. The largest absolute Gasteiger partial charge is 0.332 e. The summed E-state index contributed by atoms with van der Waals surface area (Å²) in [5.74, 6) is -0.126. The third-order valence-corrected chi connectivity index (χ3v) is 6.06. The summed E-state index contributed by atoms with van der Waals surface area (Å²) in [5.41, 5.74) is 6.17. The first-order valence-corrected chi connectivity index (χ1v) is 9.93. The van der Waals surface area contributed by atoms with Crippen molar-refractivity contribution in [1.82, 2.24) is 19.8 Å². The Hall–Kier alpha value is -3.28. The SMILES string of the molecule is Cc1nc2ccc(C(=O)N3CC(=O)N4CCc5ccccc5C4C3)cc2nc1C. The standard InChI is InChI=1S/C23H22N4O2/c1-14-15(2)25-20-11-17(7-8-19(20)24-14)23(29)26-12-21-18-6-4-3-5-16(18)9-10-27(21)22(28)13-26/h3-8,11,21H,9-10,12-13H2,1-2H3. The van der Waals surface area contributed by atoms with Crippen molar-refractivity contribution in [3.63, 3.8) is 0 Å². The van der Waals surface area contributed by atoms with Gasteiger partial charge in [-0.05, 0) is 49.6 Å². The van der Waals surface area contributed by atoms with Gasteiger partial charge in [-0.2, -0.15) is 0 Å². The molecular formula is C23H22N4O2. The summed E-state index contributed by atoms with van der Waals surface area (Å²) >= 11 is 0. The zero-order valence-electron chi connectivity index (χ0n) is 16.6. The van der Waals surface area contributed by atoms with E-state index in [0.29, 0.717) is 24.2 Å². The van der Waals surface area contributed by atoms with Gasteiger partial charge in [0.2, 0.25) is 5.91 Å². The highest BCUT2D eigenvalue weighted by atomic mass is 16.2. The molecule has 0 spiro atoms. The van der Waals surface area contributed by atoms with Gasteiger partial charge in [-0.1, -0.05) is 24.3 Å². The van der Waals surface area contributed by atoms with E-state index in [1.165, 1.54) is 5.56 Å². The van der Waals surface area contributed by atoms with Crippen molar-refractivity contribution in [2.24, 2.45) is 0 Å². The Kier molecular flexibility index (Phi) is 4.08. The number of aromatic nitrogens is 2.